The molecule has 260 valence electrons. The topological polar surface area (TPSA) is 11.4 Å². The van der Waals surface area contributed by atoms with Gasteiger partial charge in [0.15, 0.2) is 0 Å². The molecule has 0 N–H and O–H groups in total. The van der Waals surface area contributed by atoms with E-state index < -0.39 is 0 Å². The van der Waals surface area contributed by atoms with Crippen LogP contribution in [0.15, 0.2) is 224 Å². The smallest absolute Gasteiger partial charge is 0.0547 e. The van der Waals surface area contributed by atoms with E-state index >= 15 is 0 Å². The summed E-state index contributed by atoms with van der Waals surface area (Å²) in [7, 11) is 0. The first-order valence-corrected chi connectivity index (χ1v) is 18.8. The van der Waals surface area contributed by atoms with E-state index in [1.54, 1.807) is 0 Å². The fourth-order valence-corrected chi connectivity index (χ4v) is 8.03. The lowest BCUT2D eigenvalue weighted by atomic mass is 10.00. The summed E-state index contributed by atoms with van der Waals surface area (Å²) in [5, 5.41) is 4.87. The van der Waals surface area contributed by atoms with E-state index in [0.717, 1.165) is 50.9 Å². The van der Waals surface area contributed by atoms with Crippen molar-refractivity contribution in [1.82, 2.24) is 4.57 Å². The molecule has 1 aromatic heterocycles. The van der Waals surface area contributed by atoms with Gasteiger partial charge in [0.05, 0.1) is 16.7 Å². The standard InChI is InChI=1S/C52H37N3/c1-5-20-41(21-6-1)53(42-22-7-2-8-23-42)45-34-40(39-32-33-49-48-29-15-16-30-51(48)55(52(49)36-39)44-26-11-4-12-27-44)35-46(37-45)54(43-24-9-3-10-25-43)50-31-17-19-38-18-13-14-28-47(38)50/h1-37H. The third kappa shape index (κ3) is 5.89. The Labute approximate surface area is 321 Å². The fourth-order valence-electron chi connectivity index (χ4n) is 8.03. The highest BCUT2D eigenvalue weighted by Gasteiger charge is 2.21. The highest BCUT2D eigenvalue weighted by Crippen LogP contribution is 2.45. The molecule has 3 nitrogen and oxygen atoms in total. The van der Waals surface area contributed by atoms with E-state index in [-0.39, 0.29) is 0 Å². The van der Waals surface area contributed by atoms with E-state index in [4.69, 9.17) is 0 Å². The van der Waals surface area contributed by atoms with Gasteiger partial charge in [-0.3, -0.25) is 0 Å². The van der Waals surface area contributed by atoms with Crippen molar-refractivity contribution < 1.29 is 0 Å². The summed E-state index contributed by atoms with van der Waals surface area (Å²) in [5.41, 5.74) is 12.3. The summed E-state index contributed by atoms with van der Waals surface area (Å²) in [4.78, 5) is 4.77. The molecule has 0 aliphatic rings. The Morgan fingerprint density at radius 2 is 0.800 bits per heavy atom. The average Bonchev–Trinajstić information content (AvgIpc) is 3.59. The molecule has 55 heavy (non-hydrogen) atoms. The van der Waals surface area contributed by atoms with Crippen molar-refractivity contribution in [1.29, 1.82) is 0 Å². The van der Waals surface area contributed by atoms with Crippen LogP contribution >= 0.6 is 0 Å². The zero-order chi connectivity index (χ0) is 36.6. The summed E-state index contributed by atoms with van der Waals surface area (Å²) in [5.74, 6) is 0. The molecule has 0 fully saturated rings. The molecular formula is C52H37N3. The molecule has 9 aromatic carbocycles. The lowest BCUT2D eigenvalue weighted by Gasteiger charge is -2.31. The molecule has 0 amide bonds. The molecule has 0 saturated heterocycles. The van der Waals surface area contributed by atoms with Crippen LogP contribution < -0.4 is 9.80 Å². The number of nitrogens with zero attached hydrogens (tertiary/aromatic N) is 3. The molecule has 0 bridgehead atoms. The molecule has 0 spiro atoms. The van der Waals surface area contributed by atoms with Gasteiger partial charge in [-0.25, -0.2) is 0 Å². The molecule has 0 aliphatic heterocycles. The first kappa shape index (κ1) is 32.3. The van der Waals surface area contributed by atoms with Crippen LogP contribution in [-0.2, 0) is 0 Å². The number of aromatic nitrogens is 1. The van der Waals surface area contributed by atoms with Crippen LogP contribution in [0.1, 0.15) is 0 Å². The largest absolute Gasteiger partial charge is 0.310 e. The second kappa shape index (κ2) is 13.9. The van der Waals surface area contributed by atoms with Gasteiger partial charge in [0.2, 0.25) is 0 Å². The molecule has 0 radical (unpaired) electrons. The summed E-state index contributed by atoms with van der Waals surface area (Å²) < 4.78 is 2.39. The molecule has 0 unspecified atom stereocenters. The van der Waals surface area contributed by atoms with E-state index in [1.807, 2.05) is 0 Å². The quantitative estimate of drug-likeness (QED) is 0.156. The maximum atomic E-state index is 2.41. The minimum Gasteiger partial charge on any atom is -0.310 e. The fraction of sp³-hybridized carbons (Fsp3) is 0. The van der Waals surface area contributed by atoms with Crippen molar-refractivity contribution in [2.24, 2.45) is 0 Å². The normalized spacial score (nSPS) is 11.3. The Hall–Kier alpha value is -7.36. The molecule has 0 saturated carbocycles. The zero-order valence-corrected chi connectivity index (χ0v) is 30.2. The van der Waals surface area contributed by atoms with Crippen molar-refractivity contribution in [2.75, 3.05) is 9.80 Å². The zero-order valence-electron chi connectivity index (χ0n) is 30.2. The lowest BCUT2D eigenvalue weighted by molar-refractivity contribution is 1.18. The van der Waals surface area contributed by atoms with Gasteiger partial charge >= 0.3 is 0 Å². The van der Waals surface area contributed by atoms with Crippen LogP contribution in [0.5, 0.6) is 0 Å². The molecule has 0 aliphatic carbocycles. The van der Waals surface area contributed by atoms with Gasteiger partial charge < -0.3 is 14.4 Å². The molecule has 10 aromatic rings. The van der Waals surface area contributed by atoms with Crippen LogP contribution in [-0.4, -0.2) is 4.57 Å². The predicted molar refractivity (Wildman–Crippen MR) is 233 cm³/mol. The van der Waals surface area contributed by atoms with Crippen molar-refractivity contribution in [3.63, 3.8) is 0 Å². The van der Waals surface area contributed by atoms with Gasteiger partial charge in [-0.15, -0.1) is 0 Å². The van der Waals surface area contributed by atoms with E-state index in [1.165, 1.54) is 32.6 Å². The van der Waals surface area contributed by atoms with Crippen molar-refractivity contribution >= 4 is 66.7 Å². The molecule has 0 atom stereocenters. The Bertz CT molecular complexity index is 2870. The Kier molecular flexibility index (Phi) is 8.16. The Morgan fingerprint density at radius 3 is 1.47 bits per heavy atom. The second-order valence-electron chi connectivity index (χ2n) is 13.8. The van der Waals surface area contributed by atoms with Crippen molar-refractivity contribution in [3.05, 3.63) is 224 Å². The number of rotatable bonds is 8. The number of hydrogen-bond donors (Lipinski definition) is 0. The maximum absolute atomic E-state index is 2.41. The first-order chi connectivity index (χ1) is 27.3. The van der Waals surface area contributed by atoms with Crippen LogP contribution in [0.3, 0.4) is 0 Å². The SMILES string of the molecule is c1ccc(N(c2ccccc2)c2cc(-c3ccc4c5ccccc5n(-c5ccccc5)c4c3)cc(N(c3ccccc3)c3cccc4ccccc34)c2)cc1. The molecule has 3 heteroatoms. The van der Waals surface area contributed by atoms with Gasteiger partial charge in [0.1, 0.15) is 0 Å². The second-order valence-corrected chi connectivity index (χ2v) is 13.8. The van der Waals surface area contributed by atoms with Crippen LogP contribution in [0.2, 0.25) is 0 Å². The number of fused-ring (bicyclic) bond motifs is 4. The van der Waals surface area contributed by atoms with Crippen LogP contribution in [0.25, 0.3) is 49.4 Å². The third-order valence-corrected chi connectivity index (χ3v) is 10.5. The maximum Gasteiger partial charge on any atom is 0.0547 e. The molecule has 10 rings (SSSR count). The number of benzene rings is 9. The first-order valence-electron chi connectivity index (χ1n) is 18.8. The average molecular weight is 704 g/mol. The highest BCUT2D eigenvalue weighted by atomic mass is 15.2. The van der Waals surface area contributed by atoms with Gasteiger partial charge in [-0.2, -0.15) is 0 Å². The number of para-hydroxylation sites is 5. The van der Waals surface area contributed by atoms with Gasteiger partial charge in [-0.1, -0.05) is 140 Å². The van der Waals surface area contributed by atoms with E-state index in [9.17, 15) is 0 Å². The predicted octanol–water partition coefficient (Wildman–Crippen LogP) is 14.5. The van der Waals surface area contributed by atoms with Crippen LogP contribution in [0.4, 0.5) is 34.1 Å². The third-order valence-electron chi connectivity index (χ3n) is 10.5. The van der Waals surface area contributed by atoms with Gasteiger partial charge in [0.25, 0.3) is 0 Å². The molecule has 1 heterocycles. The lowest BCUT2D eigenvalue weighted by Crippen LogP contribution is -2.14. The van der Waals surface area contributed by atoms with Crippen molar-refractivity contribution in [3.8, 4) is 16.8 Å². The summed E-state index contributed by atoms with van der Waals surface area (Å²) >= 11 is 0. The van der Waals surface area contributed by atoms with Gasteiger partial charge in [-0.05, 0) is 101 Å². The summed E-state index contributed by atoms with van der Waals surface area (Å²) in [6, 6.07) is 80.7. The van der Waals surface area contributed by atoms with E-state index in [0.29, 0.717) is 0 Å². The van der Waals surface area contributed by atoms with Crippen LogP contribution in [0, 0.1) is 0 Å². The minimum atomic E-state index is 1.06. The van der Waals surface area contributed by atoms with Gasteiger partial charge in [0, 0.05) is 50.3 Å². The van der Waals surface area contributed by atoms with Crippen molar-refractivity contribution in [2.45, 2.75) is 0 Å². The highest BCUT2D eigenvalue weighted by molar-refractivity contribution is 6.10. The summed E-state index contributed by atoms with van der Waals surface area (Å²) in [6.45, 7) is 0. The Morgan fingerprint density at radius 1 is 0.291 bits per heavy atom. The number of anilines is 6. The Balaban J connectivity index is 1.27. The minimum absolute atomic E-state index is 1.06. The number of hydrogen-bond acceptors (Lipinski definition) is 2. The van der Waals surface area contributed by atoms with E-state index in [2.05, 4.69) is 239 Å². The summed E-state index contributed by atoms with van der Waals surface area (Å²) in [6.07, 6.45) is 0. The monoisotopic (exact) mass is 703 g/mol. The molecular weight excluding hydrogens is 667 g/mol.